The fourth-order valence-electron chi connectivity index (χ4n) is 4.86. The van der Waals surface area contributed by atoms with E-state index in [1.165, 1.54) is 4.90 Å². The molecule has 2 rings (SSSR count). The molecule has 0 saturated carbocycles. The molecule has 0 aliphatic rings. The van der Waals surface area contributed by atoms with E-state index >= 15 is 0 Å². The Morgan fingerprint density at radius 2 is 1.49 bits per heavy atom. The Balaban J connectivity index is 2.56. The van der Waals surface area contributed by atoms with Crippen molar-refractivity contribution in [2.24, 2.45) is 0 Å². The number of likely N-dealkylation sites (N-methyl/N-ethyl adjacent to an activating group) is 1. The Kier molecular flexibility index (Phi) is 14.0. The van der Waals surface area contributed by atoms with Crippen LogP contribution in [0, 0.1) is 13.8 Å². The molecule has 0 heterocycles. The molecule has 0 spiro atoms. The first kappa shape index (κ1) is 37.7. The zero-order valence-corrected chi connectivity index (χ0v) is 29.3. The van der Waals surface area contributed by atoms with Gasteiger partial charge < -0.3 is 25.0 Å². The molecule has 2 N–H and O–H groups in total. The van der Waals surface area contributed by atoms with Gasteiger partial charge in [-0.2, -0.15) is 11.8 Å². The van der Waals surface area contributed by atoms with Gasteiger partial charge in [0.15, 0.2) is 0 Å². The van der Waals surface area contributed by atoms with Crippen molar-refractivity contribution < 1.29 is 28.7 Å². The second-order valence-electron chi connectivity index (χ2n) is 13.2. The second kappa shape index (κ2) is 16.7. The number of ether oxygens (including phenoxy) is 2. The Morgan fingerprint density at radius 3 is 2.02 bits per heavy atom. The van der Waals surface area contributed by atoms with Gasteiger partial charge in [-0.25, -0.2) is 9.59 Å². The molecule has 0 fully saturated rings. The lowest BCUT2D eigenvalue weighted by atomic mass is 9.95. The van der Waals surface area contributed by atoms with Crippen LogP contribution < -0.4 is 10.6 Å². The van der Waals surface area contributed by atoms with E-state index in [1.54, 1.807) is 60.2 Å². The van der Waals surface area contributed by atoms with E-state index in [9.17, 15) is 19.2 Å². The van der Waals surface area contributed by atoms with E-state index in [1.807, 2.05) is 68.6 Å². The SMILES string of the molecule is CCN(C(=O)C(CCSC)NC(=O)OC(C)(C)C)C(C(=O)NC(Cc1ccccc1)C(=O)OC(C)(C)C)c1ccc(C)cc1C. The third-order valence-corrected chi connectivity index (χ3v) is 7.44. The van der Waals surface area contributed by atoms with E-state index < -0.39 is 53.2 Å². The standard InChI is InChI=1S/C35H51N3O6S/c1-11-38(31(40)27(19-20-45-10)37-33(42)44-35(7,8)9)29(26-18-17-23(2)21-24(26)3)30(39)36-28(32(41)43-34(4,5)6)22-25-15-13-12-14-16-25/h12-18,21,27-29H,11,19-20,22H2,1-10H3,(H,36,39)(H,37,42). The van der Waals surface area contributed by atoms with Crippen molar-refractivity contribution in [2.75, 3.05) is 18.6 Å². The van der Waals surface area contributed by atoms with Gasteiger partial charge in [0, 0.05) is 13.0 Å². The zero-order valence-electron chi connectivity index (χ0n) is 28.5. The molecule has 0 aliphatic heterocycles. The van der Waals surface area contributed by atoms with Crippen molar-refractivity contribution in [1.29, 1.82) is 0 Å². The van der Waals surface area contributed by atoms with Crippen molar-refractivity contribution in [2.45, 2.75) is 104 Å². The predicted octanol–water partition coefficient (Wildman–Crippen LogP) is 5.91. The molecule has 9 nitrogen and oxygen atoms in total. The summed E-state index contributed by atoms with van der Waals surface area (Å²) in [6, 6.07) is 12.0. The Morgan fingerprint density at radius 1 is 0.867 bits per heavy atom. The number of hydrogen-bond acceptors (Lipinski definition) is 7. The quantitative estimate of drug-likeness (QED) is 0.262. The van der Waals surface area contributed by atoms with Crippen LogP contribution in [0.4, 0.5) is 4.79 Å². The van der Waals surface area contributed by atoms with Crippen LogP contribution in [0.2, 0.25) is 0 Å². The molecular weight excluding hydrogens is 590 g/mol. The number of amides is 3. The lowest BCUT2D eigenvalue weighted by molar-refractivity contribution is -0.159. The Bertz CT molecular complexity index is 1300. The summed E-state index contributed by atoms with van der Waals surface area (Å²) in [5.41, 5.74) is 1.77. The van der Waals surface area contributed by atoms with Gasteiger partial charge in [-0.05, 0) is 97.4 Å². The fourth-order valence-corrected chi connectivity index (χ4v) is 5.33. The summed E-state index contributed by atoms with van der Waals surface area (Å²) in [5, 5.41) is 5.67. The van der Waals surface area contributed by atoms with E-state index in [4.69, 9.17) is 9.47 Å². The minimum atomic E-state index is -1.08. The average molecular weight is 642 g/mol. The minimum absolute atomic E-state index is 0.172. The molecule has 0 aliphatic carbocycles. The number of aryl methyl sites for hydroxylation is 2. The van der Waals surface area contributed by atoms with Gasteiger partial charge in [0.2, 0.25) is 11.8 Å². The summed E-state index contributed by atoms with van der Waals surface area (Å²) in [4.78, 5) is 56.3. The summed E-state index contributed by atoms with van der Waals surface area (Å²) >= 11 is 1.55. The molecule has 0 saturated heterocycles. The maximum absolute atomic E-state index is 14.4. The van der Waals surface area contributed by atoms with Gasteiger partial charge in [-0.15, -0.1) is 0 Å². The first-order valence-corrected chi connectivity index (χ1v) is 16.8. The molecule has 0 radical (unpaired) electrons. The van der Waals surface area contributed by atoms with E-state index in [0.29, 0.717) is 17.7 Å². The summed E-state index contributed by atoms with van der Waals surface area (Å²) in [6.07, 6.45) is 1.75. The number of thioether (sulfide) groups is 1. The predicted molar refractivity (Wildman–Crippen MR) is 180 cm³/mol. The lowest BCUT2D eigenvalue weighted by Crippen LogP contribution is -2.55. The Hall–Kier alpha value is -3.53. The summed E-state index contributed by atoms with van der Waals surface area (Å²) in [7, 11) is 0. The summed E-state index contributed by atoms with van der Waals surface area (Å²) in [5.74, 6) is -0.917. The van der Waals surface area contributed by atoms with Crippen molar-refractivity contribution in [3.63, 3.8) is 0 Å². The number of alkyl carbamates (subject to hydrolysis) is 1. The van der Waals surface area contributed by atoms with Gasteiger partial charge in [0.05, 0.1) is 0 Å². The molecule has 0 bridgehead atoms. The van der Waals surface area contributed by atoms with Crippen LogP contribution in [0.15, 0.2) is 48.5 Å². The molecule has 248 valence electrons. The van der Waals surface area contributed by atoms with Crippen LogP contribution in [-0.2, 0) is 30.3 Å². The van der Waals surface area contributed by atoms with Gasteiger partial charge in [-0.1, -0.05) is 54.1 Å². The highest BCUT2D eigenvalue weighted by atomic mass is 32.2. The number of nitrogens with one attached hydrogen (secondary N) is 2. The monoisotopic (exact) mass is 641 g/mol. The highest BCUT2D eigenvalue weighted by molar-refractivity contribution is 7.98. The van der Waals surface area contributed by atoms with Crippen molar-refractivity contribution >= 4 is 35.6 Å². The zero-order chi connectivity index (χ0) is 33.9. The molecule has 3 amide bonds. The molecule has 10 heteroatoms. The highest BCUT2D eigenvalue weighted by Gasteiger charge is 2.38. The van der Waals surface area contributed by atoms with Crippen LogP contribution in [0.5, 0.6) is 0 Å². The normalized spacial score (nSPS) is 13.6. The average Bonchev–Trinajstić information content (AvgIpc) is 2.92. The molecular formula is C35H51N3O6S. The van der Waals surface area contributed by atoms with Crippen LogP contribution in [0.25, 0.3) is 0 Å². The summed E-state index contributed by atoms with van der Waals surface area (Å²) in [6.45, 7) is 16.4. The molecule has 45 heavy (non-hydrogen) atoms. The van der Waals surface area contributed by atoms with Crippen LogP contribution in [0.1, 0.15) is 83.2 Å². The van der Waals surface area contributed by atoms with E-state index in [2.05, 4.69) is 10.6 Å². The van der Waals surface area contributed by atoms with Crippen molar-refractivity contribution in [3.8, 4) is 0 Å². The van der Waals surface area contributed by atoms with E-state index in [-0.39, 0.29) is 13.0 Å². The maximum Gasteiger partial charge on any atom is 0.408 e. The smallest absolute Gasteiger partial charge is 0.408 e. The van der Waals surface area contributed by atoms with E-state index in [0.717, 1.165) is 16.7 Å². The van der Waals surface area contributed by atoms with Gasteiger partial charge in [0.1, 0.15) is 29.3 Å². The number of hydrogen-bond donors (Lipinski definition) is 2. The highest BCUT2D eigenvalue weighted by Crippen LogP contribution is 2.27. The largest absolute Gasteiger partial charge is 0.458 e. The van der Waals surface area contributed by atoms with Crippen molar-refractivity contribution in [3.05, 3.63) is 70.8 Å². The van der Waals surface area contributed by atoms with Crippen LogP contribution in [0.3, 0.4) is 0 Å². The number of carbonyl (C=O) groups excluding carboxylic acids is 4. The number of nitrogens with zero attached hydrogens (tertiary/aromatic N) is 1. The number of esters is 1. The maximum atomic E-state index is 14.4. The van der Waals surface area contributed by atoms with Gasteiger partial charge >= 0.3 is 12.1 Å². The third kappa shape index (κ3) is 12.4. The molecule has 2 aromatic carbocycles. The first-order valence-electron chi connectivity index (χ1n) is 15.4. The van der Waals surface area contributed by atoms with Crippen molar-refractivity contribution in [1.82, 2.24) is 15.5 Å². The van der Waals surface area contributed by atoms with Crippen LogP contribution >= 0.6 is 11.8 Å². The van der Waals surface area contributed by atoms with Gasteiger partial charge in [0.25, 0.3) is 0 Å². The third-order valence-electron chi connectivity index (χ3n) is 6.79. The van der Waals surface area contributed by atoms with Gasteiger partial charge in [-0.3, -0.25) is 9.59 Å². The second-order valence-corrected chi connectivity index (χ2v) is 14.1. The number of carbonyl (C=O) groups is 4. The molecule has 3 unspecified atom stereocenters. The number of rotatable bonds is 13. The Labute approximate surface area is 273 Å². The molecule has 0 aromatic heterocycles. The first-order chi connectivity index (χ1) is 21.0. The minimum Gasteiger partial charge on any atom is -0.458 e. The number of benzene rings is 2. The van der Waals surface area contributed by atoms with Crippen LogP contribution in [-0.4, -0.2) is 70.6 Å². The molecule has 3 atom stereocenters. The molecule has 2 aromatic rings. The topological polar surface area (TPSA) is 114 Å². The lowest BCUT2D eigenvalue weighted by Gasteiger charge is -2.35. The fraction of sp³-hybridized carbons (Fsp3) is 0.543. The summed E-state index contributed by atoms with van der Waals surface area (Å²) < 4.78 is 11.2.